The number of aromatic nitrogens is 2. The maximum absolute atomic E-state index is 15.5. The summed E-state index contributed by atoms with van der Waals surface area (Å²) in [7, 11) is -0.406. The van der Waals surface area contributed by atoms with Crippen LogP contribution in [0, 0.1) is 5.82 Å². The smallest absolute Gasteiger partial charge is 0.229 e. The second-order valence-electron chi connectivity index (χ2n) is 10.8. The van der Waals surface area contributed by atoms with Crippen molar-refractivity contribution in [2.45, 2.75) is 12.1 Å². The lowest BCUT2D eigenvalue weighted by molar-refractivity contribution is 0.0322. The Balaban J connectivity index is 1.20. The number of para-hydroxylation sites is 1. The molecule has 0 radical (unpaired) electrons. The van der Waals surface area contributed by atoms with Gasteiger partial charge in [-0.1, -0.05) is 23.7 Å². The maximum Gasteiger partial charge on any atom is 0.229 e. The zero-order valence-corrected chi connectivity index (χ0v) is 23.8. The van der Waals surface area contributed by atoms with E-state index in [2.05, 4.69) is 42.3 Å². The fraction of sp³-hybridized carbons (Fsp3) is 0.407. The molecule has 0 saturated carbocycles. The molecule has 3 aromatic rings. The van der Waals surface area contributed by atoms with Gasteiger partial charge in [-0.2, -0.15) is 4.98 Å². The van der Waals surface area contributed by atoms with E-state index in [1.165, 1.54) is 12.3 Å². The van der Waals surface area contributed by atoms with Gasteiger partial charge in [0.25, 0.3) is 0 Å². The van der Waals surface area contributed by atoms with Crippen molar-refractivity contribution in [3.63, 3.8) is 0 Å². The van der Waals surface area contributed by atoms with E-state index < -0.39 is 7.14 Å². The minimum absolute atomic E-state index is 0.128. The van der Waals surface area contributed by atoms with Gasteiger partial charge in [-0.05, 0) is 38.6 Å². The van der Waals surface area contributed by atoms with Crippen molar-refractivity contribution >= 4 is 52.9 Å². The minimum Gasteiger partial charge on any atom is -0.489 e. The molecule has 39 heavy (non-hydrogen) atoms. The summed E-state index contributed by atoms with van der Waals surface area (Å²) in [4.78, 5) is 15.7. The van der Waals surface area contributed by atoms with Crippen LogP contribution >= 0.6 is 18.7 Å². The molecular weight excluding hydrogens is 540 g/mol. The number of fused-ring (bicyclic) bond motifs is 3. The van der Waals surface area contributed by atoms with Crippen molar-refractivity contribution in [1.82, 2.24) is 19.8 Å². The van der Waals surface area contributed by atoms with Crippen LogP contribution in [-0.4, -0.2) is 91.6 Å². The van der Waals surface area contributed by atoms with Crippen LogP contribution in [0.4, 0.5) is 33.2 Å². The second-order valence-corrected chi connectivity index (χ2v) is 14.4. The Bertz CT molecular complexity index is 1450. The molecule has 2 fully saturated rings. The number of likely N-dealkylation sites (N-methyl/N-ethyl adjacent to an activating group) is 1. The summed E-state index contributed by atoms with van der Waals surface area (Å²) in [5.41, 5.74) is 1.65. The van der Waals surface area contributed by atoms with Crippen LogP contribution in [-0.2, 0) is 4.57 Å². The molecule has 206 valence electrons. The Kier molecular flexibility index (Phi) is 6.91. The molecule has 0 bridgehead atoms. The van der Waals surface area contributed by atoms with Crippen molar-refractivity contribution < 1.29 is 13.7 Å². The van der Waals surface area contributed by atoms with Gasteiger partial charge in [-0.25, -0.2) is 9.37 Å². The van der Waals surface area contributed by atoms with Crippen LogP contribution in [0.1, 0.15) is 0 Å². The highest BCUT2D eigenvalue weighted by Crippen LogP contribution is 2.41. The van der Waals surface area contributed by atoms with E-state index in [0.29, 0.717) is 51.6 Å². The number of rotatable bonds is 6. The molecule has 3 aliphatic heterocycles. The molecule has 1 aromatic heterocycles. The number of nitrogens with one attached hydrogen (secondary N) is 2. The maximum atomic E-state index is 15.5. The van der Waals surface area contributed by atoms with E-state index in [1.54, 1.807) is 19.4 Å². The third-order valence-corrected chi connectivity index (χ3v) is 9.39. The topological polar surface area (TPSA) is 85.9 Å². The zero-order valence-electron chi connectivity index (χ0n) is 22.2. The van der Waals surface area contributed by atoms with Crippen LogP contribution < -0.4 is 25.6 Å². The summed E-state index contributed by atoms with van der Waals surface area (Å²) in [6.45, 7) is 8.66. The van der Waals surface area contributed by atoms with Gasteiger partial charge in [0.2, 0.25) is 5.95 Å². The summed E-state index contributed by atoms with van der Waals surface area (Å²) < 4.78 is 34.3. The average molecular weight is 572 g/mol. The molecule has 0 aliphatic carbocycles. The van der Waals surface area contributed by atoms with Gasteiger partial charge in [0.1, 0.15) is 30.2 Å². The van der Waals surface area contributed by atoms with Gasteiger partial charge in [0.15, 0.2) is 11.6 Å². The van der Waals surface area contributed by atoms with E-state index in [9.17, 15) is 4.57 Å². The Morgan fingerprint density at radius 1 is 1.10 bits per heavy atom. The minimum atomic E-state index is -2.54. The van der Waals surface area contributed by atoms with Crippen LogP contribution in [0.2, 0.25) is 5.02 Å². The number of ether oxygens (including phenoxy) is 1. The molecule has 0 unspecified atom stereocenters. The normalized spacial score (nSPS) is 20.0. The summed E-state index contributed by atoms with van der Waals surface area (Å²) in [6.07, 6.45) is 1.47. The first-order valence-electron chi connectivity index (χ1n) is 13.0. The Hall–Kier alpha value is -2.91. The van der Waals surface area contributed by atoms with Gasteiger partial charge in [0.05, 0.1) is 17.9 Å². The van der Waals surface area contributed by atoms with Crippen molar-refractivity contribution in [2.75, 3.05) is 75.2 Å². The van der Waals surface area contributed by atoms with Crippen molar-refractivity contribution in [1.29, 1.82) is 0 Å². The molecule has 6 rings (SSSR count). The van der Waals surface area contributed by atoms with Gasteiger partial charge < -0.3 is 29.7 Å². The first kappa shape index (κ1) is 26.3. The first-order chi connectivity index (χ1) is 18.7. The summed E-state index contributed by atoms with van der Waals surface area (Å²) in [5, 5.41) is 7.26. The number of piperazine rings is 1. The van der Waals surface area contributed by atoms with Crippen molar-refractivity contribution in [2.24, 2.45) is 0 Å². The SMILES string of the molecule is CN1CC(N2CCN3c4c(F)cc(Nc5ncc(Cl)c(Nc6ccccc6P(C)(C)=O)n5)cc4OC[C@@H]3C2)C1. The predicted molar refractivity (Wildman–Crippen MR) is 155 cm³/mol. The van der Waals surface area contributed by atoms with Gasteiger partial charge >= 0.3 is 0 Å². The van der Waals surface area contributed by atoms with Crippen LogP contribution in [0.5, 0.6) is 5.75 Å². The monoisotopic (exact) mass is 571 g/mol. The molecule has 0 spiro atoms. The number of hydrogen-bond donors (Lipinski definition) is 2. The fourth-order valence-electron chi connectivity index (χ4n) is 5.59. The summed E-state index contributed by atoms with van der Waals surface area (Å²) >= 11 is 6.37. The molecule has 2 N–H and O–H groups in total. The number of benzene rings is 2. The van der Waals surface area contributed by atoms with Crippen LogP contribution in [0.3, 0.4) is 0 Å². The number of nitrogens with zero attached hydrogens (tertiary/aromatic N) is 5. The highest BCUT2D eigenvalue weighted by molar-refractivity contribution is 7.70. The lowest BCUT2D eigenvalue weighted by atomic mass is 10.0. The molecule has 4 heterocycles. The van der Waals surface area contributed by atoms with E-state index in [-0.39, 0.29) is 17.8 Å². The lowest BCUT2D eigenvalue weighted by Crippen LogP contribution is -2.65. The highest BCUT2D eigenvalue weighted by atomic mass is 35.5. The molecule has 9 nitrogen and oxygen atoms in total. The van der Waals surface area contributed by atoms with E-state index in [4.69, 9.17) is 16.3 Å². The zero-order chi connectivity index (χ0) is 27.3. The Morgan fingerprint density at radius 2 is 1.90 bits per heavy atom. The molecule has 3 aliphatic rings. The molecular formula is C27H32ClFN7O2P. The number of likely N-dealkylation sites (tertiary alicyclic amines) is 1. The first-order valence-corrected chi connectivity index (χ1v) is 16.0. The quantitative estimate of drug-likeness (QED) is 0.423. The Labute approximate surface area is 232 Å². The predicted octanol–water partition coefficient (Wildman–Crippen LogP) is 4.20. The number of anilines is 5. The largest absolute Gasteiger partial charge is 0.489 e. The average Bonchev–Trinajstić information content (AvgIpc) is 2.88. The second kappa shape index (κ2) is 10.2. The van der Waals surface area contributed by atoms with Crippen molar-refractivity contribution in [3.8, 4) is 5.75 Å². The summed E-state index contributed by atoms with van der Waals surface area (Å²) in [5.74, 6) is 0.749. The Morgan fingerprint density at radius 3 is 2.67 bits per heavy atom. The molecule has 2 saturated heterocycles. The van der Waals surface area contributed by atoms with E-state index >= 15 is 4.39 Å². The summed E-state index contributed by atoms with van der Waals surface area (Å²) in [6, 6.07) is 11.3. The van der Waals surface area contributed by atoms with Gasteiger partial charge in [-0.15, -0.1) is 0 Å². The number of halogens is 2. The lowest BCUT2D eigenvalue weighted by Gasteiger charge is -2.51. The molecule has 2 aromatic carbocycles. The van der Waals surface area contributed by atoms with E-state index in [1.807, 2.05) is 24.3 Å². The standard InChI is InChI=1S/C27H32ClFN7O2P/c1-34-13-18(14-34)35-8-9-36-19(15-35)16-38-23-11-17(10-21(29)25(23)36)31-27-30-12-20(28)26(33-27)32-22-6-4-5-7-24(22)39(2,3)37/h4-7,10-12,18-19H,8-9,13-16H2,1-3H3,(H2,30,31,32,33)/t19-/m0/s1. The van der Waals surface area contributed by atoms with Gasteiger partial charge in [0, 0.05) is 55.8 Å². The van der Waals surface area contributed by atoms with Crippen LogP contribution in [0.25, 0.3) is 0 Å². The van der Waals surface area contributed by atoms with Gasteiger partial charge in [-0.3, -0.25) is 4.90 Å². The third kappa shape index (κ3) is 5.31. The fourth-order valence-corrected chi connectivity index (χ4v) is 6.88. The van der Waals surface area contributed by atoms with Crippen LogP contribution in [0.15, 0.2) is 42.6 Å². The highest BCUT2D eigenvalue weighted by Gasteiger charge is 2.39. The van der Waals surface area contributed by atoms with E-state index in [0.717, 1.165) is 32.7 Å². The molecule has 12 heteroatoms. The third-order valence-electron chi connectivity index (χ3n) is 7.56. The molecule has 0 amide bonds. The number of hydrogen-bond acceptors (Lipinski definition) is 9. The molecule has 1 atom stereocenters. The van der Waals surface area contributed by atoms with Crippen molar-refractivity contribution in [3.05, 3.63) is 53.4 Å².